The number of amides is 1. The van der Waals surface area contributed by atoms with E-state index in [-0.39, 0.29) is 17.9 Å². The number of carboxylic acids is 1. The molecule has 5 heteroatoms. The molecule has 1 saturated carbocycles. The fourth-order valence-corrected chi connectivity index (χ4v) is 2.48. The maximum Gasteiger partial charge on any atom is 0.326 e. The van der Waals surface area contributed by atoms with Gasteiger partial charge in [-0.1, -0.05) is 19.8 Å². The van der Waals surface area contributed by atoms with Crippen molar-refractivity contribution in [1.82, 2.24) is 4.90 Å². The molecule has 0 bridgehead atoms. The van der Waals surface area contributed by atoms with Gasteiger partial charge in [0, 0.05) is 17.7 Å². The Morgan fingerprint density at radius 3 is 2.29 bits per heavy atom. The summed E-state index contributed by atoms with van der Waals surface area (Å²) in [5, 5.41) is 9.10. The second-order valence-electron chi connectivity index (χ2n) is 4.78. The molecule has 1 fully saturated rings. The molecule has 98 valence electrons. The lowest BCUT2D eigenvalue weighted by Crippen LogP contribution is -2.50. The summed E-state index contributed by atoms with van der Waals surface area (Å²) in [6.07, 6.45) is 4.00. The van der Waals surface area contributed by atoms with Crippen LogP contribution in [0.5, 0.6) is 0 Å². The average molecular weight is 259 g/mol. The van der Waals surface area contributed by atoms with Gasteiger partial charge in [-0.3, -0.25) is 4.79 Å². The zero-order valence-electron chi connectivity index (χ0n) is 10.4. The molecule has 0 heterocycles. The van der Waals surface area contributed by atoms with Gasteiger partial charge in [-0.05, 0) is 19.8 Å². The van der Waals surface area contributed by atoms with Gasteiger partial charge in [-0.25, -0.2) is 4.79 Å². The van der Waals surface area contributed by atoms with Gasteiger partial charge in [-0.2, -0.15) is 12.6 Å². The van der Waals surface area contributed by atoms with Gasteiger partial charge in [0.2, 0.25) is 5.91 Å². The smallest absolute Gasteiger partial charge is 0.326 e. The summed E-state index contributed by atoms with van der Waals surface area (Å²) < 4.78 is 0. The number of carbonyl (C=O) groups excluding carboxylic acids is 1. The predicted octanol–water partition coefficient (Wildman–Crippen LogP) is 1.80. The molecule has 0 radical (unpaired) electrons. The monoisotopic (exact) mass is 259 g/mol. The third-order valence-corrected chi connectivity index (χ3v) is 3.99. The SMILES string of the molecule is CC(CS)C(=O)N(C1CCCC1)C(C)C(=O)O. The van der Waals surface area contributed by atoms with E-state index in [0.29, 0.717) is 5.75 Å². The molecule has 2 unspecified atom stereocenters. The van der Waals surface area contributed by atoms with Crippen molar-refractivity contribution in [1.29, 1.82) is 0 Å². The van der Waals surface area contributed by atoms with E-state index in [2.05, 4.69) is 12.6 Å². The van der Waals surface area contributed by atoms with Crippen LogP contribution in [0.15, 0.2) is 0 Å². The molecule has 0 spiro atoms. The van der Waals surface area contributed by atoms with E-state index in [1.807, 2.05) is 0 Å². The Kier molecular flexibility index (Phi) is 5.31. The fraction of sp³-hybridized carbons (Fsp3) is 0.833. The lowest BCUT2D eigenvalue weighted by atomic mass is 10.1. The molecule has 0 aromatic carbocycles. The molecule has 4 nitrogen and oxygen atoms in total. The Morgan fingerprint density at radius 1 is 1.35 bits per heavy atom. The number of carboxylic acid groups (broad SMARTS) is 1. The molecule has 17 heavy (non-hydrogen) atoms. The third kappa shape index (κ3) is 3.37. The van der Waals surface area contributed by atoms with Crippen molar-refractivity contribution in [2.75, 3.05) is 5.75 Å². The van der Waals surface area contributed by atoms with Crippen LogP contribution in [0.3, 0.4) is 0 Å². The predicted molar refractivity (Wildman–Crippen MR) is 69.2 cm³/mol. The molecule has 1 amide bonds. The van der Waals surface area contributed by atoms with E-state index in [1.165, 1.54) is 0 Å². The standard InChI is InChI=1S/C12H21NO3S/c1-8(7-17)11(14)13(9(2)12(15)16)10-5-3-4-6-10/h8-10,17H,3-7H2,1-2H3,(H,15,16). The highest BCUT2D eigenvalue weighted by molar-refractivity contribution is 7.80. The first-order valence-electron chi connectivity index (χ1n) is 6.14. The normalized spacial score (nSPS) is 19.9. The molecule has 0 saturated heterocycles. The zero-order valence-corrected chi connectivity index (χ0v) is 11.3. The van der Waals surface area contributed by atoms with E-state index >= 15 is 0 Å². The minimum atomic E-state index is -0.934. The first-order valence-corrected chi connectivity index (χ1v) is 6.78. The maximum absolute atomic E-state index is 12.2. The van der Waals surface area contributed by atoms with Crippen molar-refractivity contribution in [3.05, 3.63) is 0 Å². The summed E-state index contributed by atoms with van der Waals surface area (Å²) in [5.41, 5.74) is 0. The summed E-state index contributed by atoms with van der Waals surface area (Å²) >= 11 is 4.12. The summed E-state index contributed by atoms with van der Waals surface area (Å²) in [4.78, 5) is 24.9. The van der Waals surface area contributed by atoms with Crippen LogP contribution in [-0.4, -0.2) is 39.7 Å². The number of thiol groups is 1. The quantitative estimate of drug-likeness (QED) is 0.740. The van der Waals surface area contributed by atoms with Gasteiger partial charge in [0.1, 0.15) is 6.04 Å². The van der Waals surface area contributed by atoms with Crippen molar-refractivity contribution in [2.24, 2.45) is 5.92 Å². The number of aliphatic carboxylic acids is 1. The van der Waals surface area contributed by atoms with E-state index in [1.54, 1.807) is 18.7 Å². The van der Waals surface area contributed by atoms with Crippen molar-refractivity contribution in [3.63, 3.8) is 0 Å². The summed E-state index contributed by atoms with van der Waals surface area (Å²) in [6.45, 7) is 3.38. The van der Waals surface area contributed by atoms with Gasteiger partial charge in [0.15, 0.2) is 0 Å². The van der Waals surface area contributed by atoms with Crippen molar-refractivity contribution < 1.29 is 14.7 Å². The Hall–Kier alpha value is -0.710. The third-order valence-electron chi connectivity index (χ3n) is 3.44. The maximum atomic E-state index is 12.2. The second-order valence-corrected chi connectivity index (χ2v) is 5.15. The van der Waals surface area contributed by atoms with Crippen LogP contribution in [0.2, 0.25) is 0 Å². The average Bonchev–Trinajstić information content (AvgIpc) is 2.81. The molecule has 1 N–H and O–H groups in total. The Morgan fingerprint density at radius 2 is 1.88 bits per heavy atom. The lowest BCUT2D eigenvalue weighted by molar-refractivity contribution is -0.153. The number of nitrogens with zero attached hydrogens (tertiary/aromatic N) is 1. The van der Waals surface area contributed by atoms with Crippen LogP contribution < -0.4 is 0 Å². The largest absolute Gasteiger partial charge is 0.480 e. The van der Waals surface area contributed by atoms with Gasteiger partial charge >= 0.3 is 5.97 Å². The Bertz CT molecular complexity index is 289. The van der Waals surface area contributed by atoms with Gasteiger partial charge in [-0.15, -0.1) is 0 Å². The molecule has 1 aliphatic carbocycles. The highest BCUT2D eigenvalue weighted by Crippen LogP contribution is 2.26. The molecule has 0 aromatic heterocycles. The first kappa shape index (κ1) is 14.4. The molecule has 0 aliphatic heterocycles. The Balaban J connectivity index is 2.84. The van der Waals surface area contributed by atoms with Gasteiger partial charge in [0.05, 0.1) is 0 Å². The minimum Gasteiger partial charge on any atom is -0.480 e. The fourth-order valence-electron chi connectivity index (χ4n) is 2.32. The van der Waals surface area contributed by atoms with E-state index in [0.717, 1.165) is 25.7 Å². The topological polar surface area (TPSA) is 57.6 Å². The highest BCUT2D eigenvalue weighted by Gasteiger charge is 2.35. The van der Waals surface area contributed by atoms with Crippen LogP contribution in [0, 0.1) is 5.92 Å². The lowest BCUT2D eigenvalue weighted by Gasteiger charge is -2.34. The van der Waals surface area contributed by atoms with Crippen LogP contribution in [-0.2, 0) is 9.59 Å². The summed E-state index contributed by atoms with van der Waals surface area (Å²) in [6, 6.07) is -0.649. The molecular weight excluding hydrogens is 238 g/mol. The number of hydrogen-bond acceptors (Lipinski definition) is 3. The van der Waals surface area contributed by atoms with E-state index < -0.39 is 12.0 Å². The zero-order chi connectivity index (χ0) is 13.0. The highest BCUT2D eigenvalue weighted by atomic mass is 32.1. The van der Waals surface area contributed by atoms with Crippen molar-refractivity contribution in [2.45, 2.75) is 51.6 Å². The minimum absolute atomic E-state index is 0.0817. The van der Waals surface area contributed by atoms with E-state index in [4.69, 9.17) is 5.11 Å². The van der Waals surface area contributed by atoms with Crippen LogP contribution >= 0.6 is 12.6 Å². The second kappa shape index (κ2) is 6.28. The molecule has 1 rings (SSSR count). The van der Waals surface area contributed by atoms with Gasteiger partial charge in [0.25, 0.3) is 0 Å². The van der Waals surface area contributed by atoms with Gasteiger partial charge < -0.3 is 10.0 Å². The van der Waals surface area contributed by atoms with Crippen molar-refractivity contribution in [3.8, 4) is 0 Å². The van der Waals surface area contributed by atoms with Crippen LogP contribution in [0.1, 0.15) is 39.5 Å². The van der Waals surface area contributed by atoms with Crippen LogP contribution in [0.25, 0.3) is 0 Å². The number of hydrogen-bond donors (Lipinski definition) is 2. The van der Waals surface area contributed by atoms with Crippen molar-refractivity contribution >= 4 is 24.5 Å². The molecular formula is C12H21NO3S. The summed E-state index contributed by atoms with van der Waals surface area (Å²) in [5.74, 6) is -0.784. The summed E-state index contributed by atoms with van der Waals surface area (Å²) in [7, 11) is 0. The van der Waals surface area contributed by atoms with E-state index in [9.17, 15) is 9.59 Å². The molecule has 2 atom stereocenters. The van der Waals surface area contributed by atoms with Crippen LogP contribution in [0.4, 0.5) is 0 Å². The Labute approximate surface area is 108 Å². The molecule has 0 aromatic rings. The first-order chi connectivity index (χ1) is 7.99. The molecule has 1 aliphatic rings. The number of rotatable bonds is 5. The number of carbonyl (C=O) groups is 2.